The molecule has 0 spiro atoms. The first kappa shape index (κ1) is 10.8. The van der Waals surface area contributed by atoms with E-state index in [0.29, 0.717) is 17.7 Å². The highest BCUT2D eigenvalue weighted by Crippen LogP contribution is 2.32. The molecule has 74 valence electrons. The second kappa shape index (κ2) is 5.44. The lowest BCUT2D eigenvalue weighted by molar-refractivity contribution is 0.214. The van der Waals surface area contributed by atoms with Crippen molar-refractivity contribution in [1.29, 1.82) is 0 Å². The summed E-state index contributed by atoms with van der Waals surface area (Å²) in [6, 6.07) is 0. The number of nitrogens with zero attached hydrogens (tertiary/aromatic N) is 1. The number of ether oxygens (including phenoxy) is 2. The van der Waals surface area contributed by atoms with Crippen LogP contribution in [-0.4, -0.2) is 17.9 Å². The molecule has 5 heteroatoms. The quantitative estimate of drug-likeness (QED) is 0.683. The van der Waals surface area contributed by atoms with Gasteiger partial charge in [0, 0.05) is 16.2 Å². The normalized spacial score (nSPS) is 16.6. The van der Waals surface area contributed by atoms with Gasteiger partial charge in [0.25, 0.3) is 5.23 Å². The number of hydrogen-bond acceptors (Lipinski definition) is 5. The monoisotopic (exact) mass is 219 g/mol. The summed E-state index contributed by atoms with van der Waals surface area (Å²) >= 11 is 0. The Morgan fingerprint density at radius 2 is 2.31 bits per heavy atom. The van der Waals surface area contributed by atoms with Crippen LogP contribution in [0.25, 0.3) is 0 Å². The molecule has 0 radical (unpaired) electrons. The first-order valence-corrected chi connectivity index (χ1v) is 6.35. The number of aliphatic imine (C=N–C) groups is 1. The van der Waals surface area contributed by atoms with Gasteiger partial charge in [0.05, 0.1) is 12.7 Å². The molecule has 0 fully saturated rings. The predicted molar refractivity (Wildman–Crippen MR) is 58.5 cm³/mol. The van der Waals surface area contributed by atoms with Crippen molar-refractivity contribution in [1.82, 2.24) is 0 Å². The van der Waals surface area contributed by atoms with Crippen molar-refractivity contribution in [2.75, 3.05) is 6.61 Å². The molecule has 0 bridgehead atoms. The average Bonchev–Trinajstić information content (AvgIpc) is 2.04. The highest BCUT2D eigenvalue weighted by molar-refractivity contribution is 8.83. The third kappa shape index (κ3) is 3.95. The van der Waals surface area contributed by atoms with E-state index >= 15 is 0 Å². The third-order valence-electron chi connectivity index (χ3n) is 1.10. The van der Waals surface area contributed by atoms with Crippen molar-refractivity contribution < 1.29 is 9.47 Å². The fourth-order valence-electron chi connectivity index (χ4n) is 0.703. The second-order valence-corrected chi connectivity index (χ2v) is 4.63. The van der Waals surface area contributed by atoms with Gasteiger partial charge in [0.15, 0.2) is 0 Å². The summed E-state index contributed by atoms with van der Waals surface area (Å²) in [5, 5.41) is 2.55. The molecular weight excluding hydrogens is 206 g/mol. The molecule has 1 heterocycles. The minimum atomic E-state index is 0.160. The summed E-state index contributed by atoms with van der Waals surface area (Å²) in [6.45, 7) is 6.53. The van der Waals surface area contributed by atoms with Crippen LogP contribution in [0.4, 0.5) is 0 Å². The maximum Gasteiger partial charge on any atom is 0.265 e. The van der Waals surface area contributed by atoms with Crippen molar-refractivity contribution in [2.24, 2.45) is 4.99 Å². The van der Waals surface area contributed by atoms with Crippen LogP contribution < -0.4 is 0 Å². The Morgan fingerprint density at radius 3 is 2.92 bits per heavy atom. The molecule has 0 aromatic rings. The zero-order chi connectivity index (χ0) is 9.68. The molecule has 3 nitrogen and oxygen atoms in total. The Hall–Kier alpha value is -0.290. The van der Waals surface area contributed by atoms with Crippen LogP contribution in [0.15, 0.2) is 16.3 Å². The zero-order valence-electron chi connectivity index (χ0n) is 7.94. The maximum atomic E-state index is 5.44. The van der Waals surface area contributed by atoms with Gasteiger partial charge >= 0.3 is 0 Å². The van der Waals surface area contributed by atoms with Crippen LogP contribution >= 0.6 is 21.6 Å². The Morgan fingerprint density at radius 1 is 1.54 bits per heavy atom. The largest absolute Gasteiger partial charge is 0.477 e. The highest BCUT2D eigenvalue weighted by atomic mass is 33.1. The van der Waals surface area contributed by atoms with E-state index in [1.54, 1.807) is 10.8 Å². The lowest BCUT2D eigenvalue weighted by Gasteiger charge is -2.14. The van der Waals surface area contributed by atoms with Crippen LogP contribution in [0.3, 0.4) is 0 Å². The van der Waals surface area contributed by atoms with Gasteiger partial charge in [-0.05, 0) is 20.8 Å². The summed E-state index contributed by atoms with van der Waals surface area (Å²) in [7, 11) is 3.08. The summed E-state index contributed by atoms with van der Waals surface area (Å²) in [4.78, 5) is 4.19. The summed E-state index contributed by atoms with van der Waals surface area (Å²) in [5.74, 6) is 0.641. The molecule has 0 saturated heterocycles. The smallest absolute Gasteiger partial charge is 0.265 e. The first-order valence-electron chi connectivity index (χ1n) is 4.14. The second-order valence-electron chi connectivity index (χ2n) is 2.61. The van der Waals surface area contributed by atoms with Crippen LogP contribution in [0.5, 0.6) is 0 Å². The molecule has 1 rings (SSSR count). The fourth-order valence-corrected chi connectivity index (χ4v) is 2.26. The van der Waals surface area contributed by atoms with E-state index in [4.69, 9.17) is 9.47 Å². The topological polar surface area (TPSA) is 30.8 Å². The van der Waals surface area contributed by atoms with E-state index in [-0.39, 0.29) is 6.10 Å². The molecule has 1 aliphatic heterocycles. The van der Waals surface area contributed by atoms with Crippen molar-refractivity contribution in [3.8, 4) is 0 Å². The van der Waals surface area contributed by atoms with Gasteiger partial charge in [-0.2, -0.15) is 4.99 Å². The van der Waals surface area contributed by atoms with Crippen LogP contribution in [0.2, 0.25) is 0 Å². The average molecular weight is 219 g/mol. The van der Waals surface area contributed by atoms with Gasteiger partial charge < -0.3 is 9.47 Å². The first-order chi connectivity index (χ1) is 6.22. The lowest BCUT2D eigenvalue weighted by Crippen LogP contribution is -2.09. The van der Waals surface area contributed by atoms with Gasteiger partial charge in [0.2, 0.25) is 5.88 Å². The predicted octanol–water partition coefficient (Wildman–Crippen LogP) is 3.00. The van der Waals surface area contributed by atoms with Gasteiger partial charge in [-0.1, -0.05) is 10.8 Å². The third-order valence-corrected chi connectivity index (χ3v) is 2.83. The molecule has 0 N–H and O–H groups in total. The van der Waals surface area contributed by atoms with Crippen LogP contribution in [0, 0.1) is 0 Å². The van der Waals surface area contributed by atoms with E-state index in [9.17, 15) is 0 Å². The molecule has 1 aliphatic rings. The molecular formula is C8H13NO2S2. The SMILES string of the molecule is CCOC1=CSSC(OC(C)C)=N1. The molecule has 0 saturated carbocycles. The van der Waals surface area contributed by atoms with E-state index in [0.717, 1.165) is 0 Å². The van der Waals surface area contributed by atoms with Gasteiger partial charge in [-0.15, -0.1) is 0 Å². The molecule has 13 heavy (non-hydrogen) atoms. The summed E-state index contributed by atoms with van der Waals surface area (Å²) in [5.41, 5.74) is 0. The zero-order valence-corrected chi connectivity index (χ0v) is 9.58. The van der Waals surface area contributed by atoms with Gasteiger partial charge in [-0.25, -0.2) is 0 Å². The van der Waals surface area contributed by atoms with E-state index in [1.807, 2.05) is 26.2 Å². The van der Waals surface area contributed by atoms with Crippen molar-refractivity contribution in [3.05, 3.63) is 11.3 Å². The van der Waals surface area contributed by atoms with Crippen LogP contribution in [-0.2, 0) is 9.47 Å². The Balaban J connectivity index is 2.51. The highest BCUT2D eigenvalue weighted by Gasteiger charge is 2.11. The molecule has 0 unspecified atom stereocenters. The number of rotatable bonds is 3. The summed E-state index contributed by atoms with van der Waals surface area (Å²) in [6.07, 6.45) is 0.160. The van der Waals surface area contributed by atoms with Crippen LogP contribution in [0.1, 0.15) is 20.8 Å². The Kier molecular flexibility index (Phi) is 4.52. The standard InChI is InChI=1S/C8H13NO2S2/c1-4-10-7-5-12-13-8(9-7)11-6(2)3/h5-6H,4H2,1-3H3. The van der Waals surface area contributed by atoms with E-state index < -0.39 is 0 Å². The van der Waals surface area contributed by atoms with E-state index in [2.05, 4.69) is 4.99 Å². The summed E-state index contributed by atoms with van der Waals surface area (Å²) < 4.78 is 10.7. The van der Waals surface area contributed by atoms with Crippen molar-refractivity contribution >= 4 is 26.8 Å². The molecule has 0 aliphatic carbocycles. The minimum absolute atomic E-state index is 0.160. The molecule has 0 aromatic carbocycles. The Bertz CT molecular complexity index is 226. The molecule has 0 aromatic heterocycles. The lowest BCUT2D eigenvalue weighted by atomic mass is 10.5. The molecule has 0 amide bonds. The fraction of sp³-hybridized carbons (Fsp3) is 0.625. The Labute approximate surface area is 86.4 Å². The van der Waals surface area contributed by atoms with Crippen molar-refractivity contribution in [3.63, 3.8) is 0 Å². The molecule has 0 atom stereocenters. The minimum Gasteiger partial charge on any atom is -0.477 e. The number of hydrogen-bond donors (Lipinski definition) is 0. The maximum absolute atomic E-state index is 5.44. The van der Waals surface area contributed by atoms with Gasteiger partial charge in [0.1, 0.15) is 0 Å². The van der Waals surface area contributed by atoms with Gasteiger partial charge in [-0.3, -0.25) is 0 Å². The van der Waals surface area contributed by atoms with E-state index in [1.165, 1.54) is 10.8 Å². The van der Waals surface area contributed by atoms with Crippen molar-refractivity contribution in [2.45, 2.75) is 26.9 Å².